The SMILES string of the molecule is Cc1ccc(Nc2n[nH]nc2C(=O)NCc2ccc(F)cc2)cc1. The number of carbonyl (C=O) groups excluding carboxylic acids is 1. The van der Waals surface area contributed by atoms with Crippen LogP contribution in [0.2, 0.25) is 0 Å². The van der Waals surface area contributed by atoms with Gasteiger partial charge in [-0.15, -0.1) is 10.2 Å². The molecule has 122 valence electrons. The summed E-state index contributed by atoms with van der Waals surface area (Å²) in [5.74, 6) is -0.343. The molecule has 0 saturated heterocycles. The number of nitrogens with zero attached hydrogens (tertiary/aromatic N) is 2. The second-order valence-electron chi connectivity index (χ2n) is 5.32. The molecule has 0 bridgehead atoms. The van der Waals surface area contributed by atoms with Gasteiger partial charge < -0.3 is 10.6 Å². The number of nitrogens with one attached hydrogen (secondary N) is 3. The molecule has 7 heteroatoms. The predicted octanol–water partition coefficient (Wildman–Crippen LogP) is 2.93. The lowest BCUT2D eigenvalue weighted by Crippen LogP contribution is -2.24. The molecule has 3 rings (SSSR count). The van der Waals surface area contributed by atoms with Gasteiger partial charge in [0.15, 0.2) is 11.5 Å². The van der Waals surface area contributed by atoms with Crippen LogP contribution in [0, 0.1) is 12.7 Å². The molecule has 0 aliphatic carbocycles. The Morgan fingerprint density at radius 1 is 1.08 bits per heavy atom. The summed E-state index contributed by atoms with van der Waals surface area (Å²) in [6.07, 6.45) is 0. The number of aryl methyl sites for hydroxylation is 1. The van der Waals surface area contributed by atoms with Gasteiger partial charge >= 0.3 is 0 Å². The van der Waals surface area contributed by atoms with Crippen molar-refractivity contribution in [2.75, 3.05) is 5.32 Å². The first kappa shape index (κ1) is 15.7. The standard InChI is InChI=1S/C17H16FN5O/c1-11-2-8-14(9-3-11)20-16-15(21-23-22-16)17(24)19-10-12-4-6-13(18)7-5-12/h2-9H,10H2,1H3,(H,19,24)(H2,20,21,22,23). The van der Waals surface area contributed by atoms with E-state index in [4.69, 9.17) is 0 Å². The molecule has 24 heavy (non-hydrogen) atoms. The maximum Gasteiger partial charge on any atom is 0.275 e. The molecule has 0 fully saturated rings. The third kappa shape index (κ3) is 3.75. The Hall–Kier alpha value is -3.22. The van der Waals surface area contributed by atoms with E-state index in [2.05, 4.69) is 26.0 Å². The molecule has 0 radical (unpaired) electrons. The van der Waals surface area contributed by atoms with Gasteiger partial charge in [0, 0.05) is 12.2 Å². The number of aromatic nitrogens is 3. The van der Waals surface area contributed by atoms with Crippen LogP contribution in [0.25, 0.3) is 0 Å². The first-order valence-corrected chi connectivity index (χ1v) is 7.39. The van der Waals surface area contributed by atoms with Crippen molar-refractivity contribution >= 4 is 17.4 Å². The van der Waals surface area contributed by atoms with Gasteiger partial charge in [0.25, 0.3) is 5.91 Å². The third-order valence-electron chi connectivity index (χ3n) is 3.44. The lowest BCUT2D eigenvalue weighted by atomic mass is 10.2. The fourth-order valence-electron chi connectivity index (χ4n) is 2.12. The van der Waals surface area contributed by atoms with Gasteiger partial charge in [-0.3, -0.25) is 4.79 Å². The molecule has 1 heterocycles. The van der Waals surface area contributed by atoms with E-state index in [1.165, 1.54) is 12.1 Å². The maximum absolute atomic E-state index is 12.9. The monoisotopic (exact) mass is 325 g/mol. The lowest BCUT2D eigenvalue weighted by Gasteiger charge is -2.06. The van der Waals surface area contributed by atoms with Crippen molar-refractivity contribution in [2.45, 2.75) is 13.5 Å². The van der Waals surface area contributed by atoms with E-state index in [1.807, 2.05) is 31.2 Å². The Morgan fingerprint density at radius 3 is 2.50 bits per heavy atom. The predicted molar refractivity (Wildman–Crippen MR) is 88.4 cm³/mol. The van der Waals surface area contributed by atoms with E-state index >= 15 is 0 Å². The third-order valence-corrected chi connectivity index (χ3v) is 3.44. The molecular formula is C17H16FN5O. The minimum atomic E-state index is -0.373. The zero-order chi connectivity index (χ0) is 16.9. The molecule has 1 aromatic heterocycles. The van der Waals surface area contributed by atoms with Crippen molar-refractivity contribution in [1.82, 2.24) is 20.7 Å². The lowest BCUT2D eigenvalue weighted by molar-refractivity contribution is 0.0946. The molecule has 0 saturated carbocycles. The maximum atomic E-state index is 12.9. The Morgan fingerprint density at radius 2 is 1.79 bits per heavy atom. The Bertz CT molecular complexity index is 827. The molecule has 1 amide bonds. The number of amides is 1. The van der Waals surface area contributed by atoms with Crippen LogP contribution in [-0.4, -0.2) is 21.3 Å². The van der Waals surface area contributed by atoms with Gasteiger partial charge in [-0.05, 0) is 36.8 Å². The summed E-state index contributed by atoms with van der Waals surface area (Å²) < 4.78 is 12.9. The largest absolute Gasteiger partial charge is 0.346 e. The molecule has 2 aromatic carbocycles. The van der Waals surface area contributed by atoms with Crippen molar-refractivity contribution in [1.29, 1.82) is 0 Å². The number of carbonyl (C=O) groups is 1. The Balaban J connectivity index is 1.66. The van der Waals surface area contributed by atoms with Crippen LogP contribution in [0.4, 0.5) is 15.9 Å². The zero-order valence-corrected chi connectivity index (χ0v) is 13.0. The summed E-state index contributed by atoms with van der Waals surface area (Å²) in [6.45, 7) is 2.27. The molecule has 0 atom stereocenters. The molecule has 0 aliphatic heterocycles. The summed E-state index contributed by atoms with van der Waals surface area (Å²) in [7, 11) is 0. The van der Waals surface area contributed by atoms with Crippen molar-refractivity contribution in [3.05, 3.63) is 71.2 Å². The molecule has 6 nitrogen and oxygen atoms in total. The van der Waals surface area contributed by atoms with Gasteiger partial charge in [-0.1, -0.05) is 29.8 Å². The van der Waals surface area contributed by atoms with Gasteiger partial charge in [0.05, 0.1) is 0 Å². The van der Waals surface area contributed by atoms with E-state index in [9.17, 15) is 9.18 Å². The molecular weight excluding hydrogens is 309 g/mol. The van der Waals surface area contributed by atoms with Gasteiger partial charge in [-0.25, -0.2) is 4.39 Å². The van der Waals surface area contributed by atoms with Crippen LogP contribution in [0.15, 0.2) is 48.5 Å². The average molecular weight is 325 g/mol. The average Bonchev–Trinajstić information content (AvgIpc) is 3.04. The molecule has 0 aliphatic rings. The van der Waals surface area contributed by atoms with E-state index in [0.717, 1.165) is 16.8 Å². The highest BCUT2D eigenvalue weighted by Crippen LogP contribution is 2.17. The first-order chi connectivity index (χ1) is 11.6. The van der Waals surface area contributed by atoms with Gasteiger partial charge in [-0.2, -0.15) is 5.21 Å². The van der Waals surface area contributed by atoms with E-state index in [-0.39, 0.29) is 24.0 Å². The van der Waals surface area contributed by atoms with E-state index in [1.54, 1.807) is 12.1 Å². The number of anilines is 2. The summed E-state index contributed by atoms with van der Waals surface area (Å²) in [5.41, 5.74) is 2.90. The molecule has 0 spiro atoms. The summed E-state index contributed by atoms with van der Waals surface area (Å²) in [4.78, 5) is 12.3. The number of H-pyrrole nitrogens is 1. The van der Waals surface area contributed by atoms with Crippen LogP contribution in [0.5, 0.6) is 0 Å². The normalized spacial score (nSPS) is 10.4. The second-order valence-corrected chi connectivity index (χ2v) is 5.32. The van der Waals surface area contributed by atoms with Crippen molar-refractivity contribution in [3.63, 3.8) is 0 Å². The second kappa shape index (κ2) is 6.91. The minimum Gasteiger partial charge on any atom is -0.346 e. The van der Waals surface area contributed by atoms with Crippen LogP contribution < -0.4 is 10.6 Å². The minimum absolute atomic E-state index is 0.165. The van der Waals surface area contributed by atoms with Crippen LogP contribution in [-0.2, 0) is 6.54 Å². The highest BCUT2D eigenvalue weighted by Gasteiger charge is 2.16. The summed E-state index contributed by atoms with van der Waals surface area (Å²) >= 11 is 0. The Kier molecular flexibility index (Phi) is 4.51. The topological polar surface area (TPSA) is 82.7 Å². The number of benzene rings is 2. The molecule has 3 N–H and O–H groups in total. The number of aromatic amines is 1. The fraction of sp³-hybridized carbons (Fsp3) is 0.118. The molecule has 3 aromatic rings. The van der Waals surface area contributed by atoms with Crippen molar-refractivity contribution in [2.24, 2.45) is 0 Å². The van der Waals surface area contributed by atoms with E-state index < -0.39 is 0 Å². The quantitative estimate of drug-likeness (QED) is 0.673. The smallest absolute Gasteiger partial charge is 0.275 e. The molecule has 0 unspecified atom stereocenters. The van der Waals surface area contributed by atoms with Crippen molar-refractivity contribution < 1.29 is 9.18 Å². The van der Waals surface area contributed by atoms with E-state index in [0.29, 0.717) is 5.82 Å². The van der Waals surface area contributed by atoms with Gasteiger partial charge in [0.2, 0.25) is 0 Å². The first-order valence-electron chi connectivity index (χ1n) is 7.39. The number of rotatable bonds is 5. The Labute approximate surface area is 138 Å². The number of hydrogen-bond donors (Lipinski definition) is 3. The van der Waals surface area contributed by atoms with Crippen molar-refractivity contribution in [3.8, 4) is 0 Å². The van der Waals surface area contributed by atoms with Crippen LogP contribution in [0.3, 0.4) is 0 Å². The van der Waals surface area contributed by atoms with Gasteiger partial charge in [0.1, 0.15) is 5.82 Å². The summed E-state index contributed by atoms with van der Waals surface area (Å²) in [6, 6.07) is 13.6. The zero-order valence-electron chi connectivity index (χ0n) is 13.0. The number of halogens is 1. The highest BCUT2D eigenvalue weighted by atomic mass is 19.1. The highest BCUT2D eigenvalue weighted by molar-refractivity contribution is 5.97. The fourth-order valence-corrected chi connectivity index (χ4v) is 2.12. The number of hydrogen-bond acceptors (Lipinski definition) is 4. The van der Waals surface area contributed by atoms with Crippen LogP contribution >= 0.6 is 0 Å². The summed E-state index contributed by atoms with van der Waals surface area (Å²) in [5, 5.41) is 16.1. The van der Waals surface area contributed by atoms with Crippen LogP contribution in [0.1, 0.15) is 21.6 Å².